The average molecular weight is 260 g/mol. The fourth-order valence-corrected chi connectivity index (χ4v) is 1.54. The lowest BCUT2D eigenvalue weighted by Gasteiger charge is -2.16. The second-order valence-corrected chi connectivity index (χ2v) is 3.97. The molecule has 0 saturated heterocycles. The molecule has 0 fully saturated rings. The van der Waals surface area contributed by atoms with Crippen molar-refractivity contribution in [1.29, 1.82) is 5.26 Å². The molecule has 0 radical (unpaired) electrons. The highest BCUT2D eigenvalue weighted by atomic mass is 16.5. The topological polar surface area (TPSA) is 70.4 Å². The van der Waals surface area contributed by atoms with Gasteiger partial charge in [-0.15, -0.1) is 0 Å². The highest BCUT2D eigenvalue weighted by Crippen LogP contribution is 2.07. The molecule has 0 aromatic heterocycles. The SMILES string of the molecule is CCOC(=O)CCN(C)C(=O)c1cccc(C#N)c1. The number of benzene rings is 1. The van der Waals surface area contributed by atoms with Gasteiger partial charge >= 0.3 is 5.97 Å². The minimum atomic E-state index is -0.326. The molecule has 0 N–H and O–H groups in total. The van der Waals surface area contributed by atoms with Crippen LogP contribution in [-0.2, 0) is 9.53 Å². The van der Waals surface area contributed by atoms with Gasteiger partial charge in [-0.3, -0.25) is 9.59 Å². The normalized spacial score (nSPS) is 9.53. The first-order chi connectivity index (χ1) is 9.08. The van der Waals surface area contributed by atoms with Gasteiger partial charge < -0.3 is 9.64 Å². The van der Waals surface area contributed by atoms with E-state index >= 15 is 0 Å². The molecule has 1 aromatic rings. The van der Waals surface area contributed by atoms with E-state index in [2.05, 4.69) is 0 Å². The predicted octanol–water partition coefficient (Wildman–Crippen LogP) is 1.58. The molecule has 19 heavy (non-hydrogen) atoms. The van der Waals surface area contributed by atoms with Crippen LogP contribution in [0.1, 0.15) is 29.3 Å². The zero-order valence-electron chi connectivity index (χ0n) is 11.0. The molecule has 0 aliphatic carbocycles. The molecule has 0 aliphatic rings. The van der Waals surface area contributed by atoms with Crippen LogP contribution in [-0.4, -0.2) is 37.0 Å². The van der Waals surface area contributed by atoms with Crippen molar-refractivity contribution < 1.29 is 14.3 Å². The van der Waals surface area contributed by atoms with Crippen LogP contribution >= 0.6 is 0 Å². The van der Waals surface area contributed by atoms with Gasteiger partial charge in [-0.1, -0.05) is 6.07 Å². The number of nitriles is 1. The van der Waals surface area contributed by atoms with Gasteiger partial charge in [0.05, 0.1) is 24.7 Å². The second-order valence-electron chi connectivity index (χ2n) is 3.97. The van der Waals surface area contributed by atoms with Crippen LogP contribution in [0.5, 0.6) is 0 Å². The van der Waals surface area contributed by atoms with Gasteiger partial charge in [-0.25, -0.2) is 0 Å². The highest BCUT2D eigenvalue weighted by molar-refractivity contribution is 5.94. The fourth-order valence-electron chi connectivity index (χ4n) is 1.54. The Balaban J connectivity index is 2.61. The lowest BCUT2D eigenvalue weighted by atomic mass is 10.1. The largest absolute Gasteiger partial charge is 0.466 e. The summed E-state index contributed by atoms with van der Waals surface area (Å²) in [7, 11) is 1.61. The number of hydrogen-bond donors (Lipinski definition) is 0. The van der Waals surface area contributed by atoms with E-state index < -0.39 is 0 Å². The van der Waals surface area contributed by atoms with Crippen molar-refractivity contribution >= 4 is 11.9 Å². The van der Waals surface area contributed by atoms with Gasteiger partial charge in [-0.2, -0.15) is 5.26 Å². The molecule has 0 unspecified atom stereocenters. The molecule has 1 rings (SSSR count). The summed E-state index contributed by atoms with van der Waals surface area (Å²) in [4.78, 5) is 24.7. The molecule has 0 saturated carbocycles. The molecule has 1 aromatic carbocycles. The number of nitrogens with zero attached hydrogens (tertiary/aromatic N) is 2. The second kappa shape index (κ2) is 7.17. The average Bonchev–Trinajstić information content (AvgIpc) is 2.44. The van der Waals surface area contributed by atoms with Gasteiger partial charge in [-0.05, 0) is 25.1 Å². The van der Waals surface area contributed by atoms with Crippen LogP contribution in [0.2, 0.25) is 0 Å². The number of rotatable bonds is 5. The van der Waals surface area contributed by atoms with Crippen molar-refractivity contribution in [1.82, 2.24) is 4.90 Å². The molecule has 0 bridgehead atoms. The number of carbonyl (C=O) groups excluding carboxylic acids is 2. The Morgan fingerprint density at radius 2 is 2.16 bits per heavy atom. The molecular weight excluding hydrogens is 244 g/mol. The van der Waals surface area contributed by atoms with E-state index in [0.29, 0.717) is 17.7 Å². The molecule has 0 atom stereocenters. The molecular formula is C14H16N2O3. The summed E-state index contributed by atoms with van der Waals surface area (Å²) in [6, 6.07) is 8.45. The third-order valence-electron chi connectivity index (χ3n) is 2.54. The smallest absolute Gasteiger partial charge is 0.307 e. The Labute approximate surface area is 112 Å². The summed E-state index contributed by atoms with van der Waals surface area (Å²) in [5.41, 5.74) is 0.870. The van der Waals surface area contributed by atoms with Gasteiger partial charge in [0, 0.05) is 19.2 Å². The Morgan fingerprint density at radius 1 is 1.42 bits per heavy atom. The van der Waals surface area contributed by atoms with Gasteiger partial charge in [0.2, 0.25) is 0 Å². The summed E-state index contributed by atoms with van der Waals surface area (Å²) in [5.74, 6) is -0.547. The minimum Gasteiger partial charge on any atom is -0.466 e. The van der Waals surface area contributed by atoms with Crippen LogP contribution in [0.25, 0.3) is 0 Å². The molecule has 0 spiro atoms. The molecule has 5 heteroatoms. The first kappa shape index (κ1) is 14.7. The van der Waals surface area contributed by atoms with Crippen molar-refractivity contribution in [3.8, 4) is 6.07 Å². The third kappa shape index (κ3) is 4.43. The van der Waals surface area contributed by atoms with Gasteiger partial charge in [0.25, 0.3) is 5.91 Å². The highest BCUT2D eigenvalue weighted by Gasteiger charge is 2.13. The van der Waals surface area contributed by atoms with Crippen molar-refractivity contribution in [3.05, 3.63) is 35.4 Å². The van der Waals surface area contributed by atoms with Gasteiger partial charge in [0.1, 0.15) is 0 Å². The van der Waals surface area contributed by atoms with E-state index in [1.165, 1.54) is 11.0 Å². The number of esters is 1. The Kier molecular flexibility index (Phi) is 5.55. The van der Waals surface area contributed by atoms with Crippen molar-refractivity contribution in [2.75, 3.05) is 20.2 Å². The first-order valence-electron chi connectivity index (χ1n) is 5.99. The number of hydrogen-bond acceptors (Lipinski definition) is 4. The predicted molar refractivity (Wildman–Crippen MR) is 69.4 cm³/mol. The Hall–Kier alpha value is -2.35. The number of amides is 1. The minimum absolute atomic E-state index is 0.161. The molecule has 0 heterocycles. The first-order valence-corrected chi connectivity index (χ1v) is 5.99. The maximum absolute atomic E-state index is 12.0. The van der Waals surface area contributed by atoms with Crippen LogP contribution < -0.4 is 0 Å². The van der Waals surface area contributed by atoms with E-state index in [9.17, 15) is 9.59 Å². The number of carbonyl (C=O) groups is 2. The Morgan fingerprint density at radius 3 is 2.79 bits per heavy atom. The molecule has 1 amide bonds. The molecule has 5 nitrogen and oxygen atoms in total. The van der Waals surface area contributed by atoms with E-state index in [-0.39, 0.29) is 24.8 Å². The van der Waals surface area contributed by atoms with Crippen LogP contribution in [0.3, 0.4) is 0 Å². The fraction of sp³-hybridized carbons (Fsp3) is 0.357. The maximum Gasteiger partial charge on any atom is 0.307 e. The van der Waals surface area contributed by atoms with Crippen LogP contribution in [0, 0.1) is 11.3 Å². The summed E-state index contributed by atoms with van der Waals surface area (Å²) in [5, 5.41) is 8.78. The molecule has 0 aliphatic heterocycles. The van der Waals surface area contributed by atoms with E-state index in [0.717, 1.165) is 0 Å². The van der Waals surface area contributed by atoms with Crippen LogP contribution in [0.15, 0.2) is 24.3 Å². The lowest BCUT2D eigenvalue weighted by Crippen LogP contribution is -2.29. The van der Waals surface area contributed by atoms with E-state index in [4.69, 9.17) is 10.00 Å². The van der Waals surface area contributed by atoms with Crippen molar-refractivity contribution in [2.45, 2.75) is 13.3 Å². The standard InChI is InChI=1S/C14H16N2O3/c1-3-19-13(17)7-8-16(2)14(18)12-6-4-5-11(9-12)10-15/h4-6,9H,3,7-8H2,1-2H3. The zero-order valence-corrected chi connectivity index (χ0v) is 11.0. The zero-order chi connectivity index (χ0) is 14.3. The third-order valence-corrected chi connectivity index (χ3v) is 2.54. The summed E-state index contributed by atoms with van der Waals surface area (Å²) < 4.78 is 4.79. The molecule has 100 valence electrons. The Bertz CT molecular complexity index is 506. The van der Waals surface area contributed by atoms with E-state index in [1.807, 2.05) is 6.07 Å². The van der Waals surface area contributed by atoms with Crippen molar-refractivity contribution in [2.24, 2.45) is 0 Å². The lowest BCUT2D eigenvalue weighted by molar-refractivity contribution is -0.143. The van der Waals surface area contributed by atoms with Crippen molar-refractivity contribution in [3.63, 3.8) is 0 Å². The summed E-state index contributed by atoms with van der Waals surface area (Å²) >= 11 is 0. The maximum atomic E-state index is 12.0. The van der Waals surface area contributed by atoms with Gasteiger partial charge in [0.15, 0.2) is 0 Å². The number of ether oxygens (including phenoxy) is 1. The summed E-state index contributed by atoms with van der Waals surface area (Å²) in [6.07, 6.45) is 0.161. The monoisotopic (exact) mass is 260 g/mol. The van der Waals surface area contributed by atoms with E-state index in [1.54, 1.807) is 32.2 Å². The van der Waals surface area contributed by atoms with Crippen LogP contribution in [0.4, 0.5) is 0 Å². The summed E-state index contributed by atoms with van der Waals surface area (Å²) in [6.45, 7) is 2.36. The quantitative estimate of drug-likeness (QED) is 0.754.